The average molecular weight is 415 g/mol. The molecular weight excluding hydrogens is 384 g/mol. The van der Waals surface area contributed by atoms with Gasteiger partial charge in [-0.25, -0.2) is 0 Å². The first kappa shape index (κ1) is 20.6. The van der Waals surface area contributed by atoms with Crippen molar-refractivity contribution in [3.63, 3.8) is 0 Å². The zero-order chi connectivity index (χ0) is 21.3. The molecule has 0 spiro atoms. The number of nitrogens with zero attached hydrogens (tertiary/aromatic N) is 3. The van der Waals surface area contributed by atoms with E-state index in [-0.39, 0.29) is 34.4 Å². The van der Waals surface area contributed by atoms with E-state index in [4.69, 9.17) is 0 Å². The second kappa shape index (κ2) is 8.62. The molecule has 0 aromatic heterocycles. The van der Waals surface area contributed by atoms with Crippen molar-refractivity contribution in [3.8, 4) is 0 Å². The van der Waals surface area contributed by atoms with Crippen molar-refractivity contribution in [1.82, 2.24) is 10.2 Å². The van der Waals surface area contributed by atoms with Crippen molar-refractivity contribution in [2.24, 2.45) is 11.8 Å². The first-order valence-electron chi connectivity index (χ1n) is 11.1. The summed E-state index contributed by atoms with van der Waals surface area (Å²) in [6.45, 7) is 4.90. The van der Waals surface area contributed by atoms with Gasteiger partial charge in [0, 0.05) is 49.8 Å². The van der Waals surface area contributed by atoms with E-state index in [9.17, 15) is 19.7 Å². The maximum atomic E-state index is 13.0. The number of amides is 2. The van der Waals surface area contributed by atoms with Gasteiger partial charge in [-0.15, -0.1) is 0 Å². The summed E-state index contributed by atoms with van der Waals surface area (Å²) < 4.78 is 0. The summed E-state index contributed by atoms with van der Waals surface area (Å²) in [5.74, 6) is 0.784. The molecule has 8 heteroatoms. The van der Waals surface area contributed by atoms with Gasteiger partial charge in [-0.1, -0.05) is 6.92 Å². The number of benzene rings is 1. The number of piperidine rings is 2. The van der Waals surface area contributed by atoms with Gasteiger partial charge in [0.25, 0.3) is 11.6 Å². The van der Waals surface area contributed by atoms with Crippen LogP contribution < -0.4 is 10.2 Å². The van der Waals surface area contributed by atoms with E-state index in [1.165, 1.54) is 6.07 Å². The zero-order valence-corrected chi connectivity index (χ0v) is 17.5. The van der Waals surface area contributed by atoms with Crippen LogP contribution in [-0.4, -0.2) is 53.9 Å². The number of anilines is 1. The van der Waals surface area contributed by atoms with E-state index in [1.54, 1.807) is 17.0 Å². The molecule has 1 aromatic rings. The Bertz CT molecular complexity index is 822. The molecule has 30 heavy (non-hydrogen) atoms. The highest BCUT2D eigenvalue weighted by atomic mass is 16.6. The minimum absolute atomic E-state index is 0.00184. The molecule has 2 heterocycles. The molecule has 4 rings (SSSR count). The monoisotopic (exact) mass is 414 g/mol. The van der Waals surface area contributed by atoms with Crippen LogP contribution in [0, 0.1) is 22.0 Å². The molecule has 1 N–H and O–H groups in total. The third kappa shape index (κ3) is 4.57. The van der Waals surface area contributed by atoms with Gasteiger partial charge in [0.05, 0.1) is 4.92 Å². The topological polar surface area (TPSA) is 95.8 Å². The van der Waals surface area contributed by atoms with Gasteiger partial charge in [0.2, 0.25) is 5.91 Å². The third-order valence-corrected chi connectivity index (χ3v) is 6.62. The van der Waals surface area contributed by atoms with Crippen LogP contribution in [-0.2, 0) is 4.79 Å². The third-order valence-electron chi connectivity index (χ3n) is 6.62. The first-order valence-corrected chi connectivity index (χ1v) is 11.1. The summed E-state index contributed by atoms with van der Waals surface area (Å²) in [4.78, 5) is 40.0. The standard InChI is InChI=1S/C22H30N4O4/c1-15-6-10-24(11-7-15)19-5-4-17(14-20(19)26(29)30)22(28)25-12-8-18(9-13-25)23-21(27)16-2-3-16/h4-5,14-16,18H,2-3,6-13H2,1H3,(H,23,27). The quantitative estimate of drug-likeness (QED) is 0.590. The van der Waals surface area contributed by atoms with Gasteiger partial charge in [0.1, 0.15) is 5.69 Å². The number of carbonyl (C=O) groups excluding carboxylic acids is 2. The highest BCUT2D eigenvalue weighted by Crippen LogP contribution is 2.33. The maximum Gasteiger partial charge on any atom is 0.293 e. The molecule has 0 unspecified atom stereocenters. The summed E-state index contributed by atoms with van der Waals surface area (Å²) in [6.07, 6.45) is 5.43. The molecule has 162 valence electrons. The molecule has 1 saturated carbocycles. The Kier molecular flexibility index (Phi) is 5.92. The number of likely N-dealkylation sites (tertiary alicyclic amines) is 1. The Morgan fingerprint density at radius 3 is 2.30 bits per heavy atom. The molecule has 1 aromatic carbocycles. The molecule has 2 saturated heterocycles. The van der Waals surface area contributed by atoms with Crippen molar-refractivity contribution >= 4 is 23.2 Å². The van der Waals surface area contributed by atoms with Crippen LogP contribution in [0.25, 0.3) is 0 Å². The number of nitro groups is 1. The van der Waals surface area contributed by atoms with Gasteiger partial charge in [0.15, 0.2) is 0 Å². The van der Waals surface area contributed by atoms with Crippen LogP contribution in [0.5, 0.6) is 0 Å². The summed E-state index contributed by atoms with van der Waals surface area (Å²) >= 11 is 0. The number of nitrogens with one attached hydrogen (secondary N) is 1. The molecule has 2 aliphatic heterocycles. The normalized spacial score (nSPS) is 20.8. The van der Waals surface area contributed by atoms with Crippen LogP contribution in [0.15, 0.2) is 18.2 Å². The van der Waals surface area contributed by atoms with Gasteiger partial charge in [-0.05, 0) is 56.6 Å². The van der Waals surface area contributed by atoms with E-state index >= 15 is 0 Å². The number of rotatable bonds is 5. The highest BCUT2D eigenvalue weighted by Gasteiger charge is 2.33. The molecule has 3 aliphatic rings. The largest absolute Gasteiger partial charge is 0.366 e. The lowest BCUT2D eigenvalue weighted by Gasteiger charge is -2.33. The summed E-state index contributed by atoms with van der Waals surface area (Å²) in [5.41, 5.74) is 0.961. The van der Waals surface area contributed by atoms with Crippen molar-refractivity contribution in [2.45, 2.75) is 51.5 Å². The lowest BCUT2D eigenvalue weighted by atomic mass is 9.98. The molecule has 8 nitrogen and oxygen atoms in total. The minimum atomic E-state index is -0.385. The van der Waals surface area contributed by atoms with E-state index in [1.807, 2.05) is 0 Å². The summed E-state index contributed by atoms with van der Waals surface area (Å²) in [7, 11) is 0. The maximum absolute atomic E-state index is 13.0. The Balaban J connectivity index is 1.41. The SMILES string of the molecule is CC1CCN(c2ccc(C(=O)N3CCC(NC(=O)C4CC4)CC3)cc2[N+](=O)[O-])CC1. The predicted octanol–water partition coefficient (Wildman–Crippen LogP) is 2.96. The lowest BCUT2D eigenvalue weighted by Crippen LogP contribution is -2.46. The van der Waals surface area contributed by atoms with Crippen LogP contribution in [0.1, 0.15) is 55.8 Å². The molecule has 0 radical (unpaired) electrons. The van der Waals surface area contributed by atoms with Crippen molar-refractivity contribution in [3.05, 3.63) is 33.9 Å². The molecule has 1 aliphatic carbocycles. The highest BCUT2D eigenvalue weighted by molar-refractivity contribution is 5.96. The van der Waals surface area contributed by atoms with Crippen LogP contribution >= 0.6 is 0 Å². The average Bonchev–Trinajstić information content (AvgIpc) is 3.59. The Morgan fingerprint density at radius 1 is 1.03 bits per heavy atom. The van der Waals surface area contributed by atoms with Gasteiger partial charge in [-0.3, -0.25) is 19.7 Å². The van der Waals surface area contributed by atoms with Gasteiger partial charge >= 0.3 is 0 Å². The fraction of sp³-hybridized carbons (Fsp3) is 0.636. The number of hydrogen-bond acceptors (Lipinski definition) is 5. The zero-order valence-electron chi connectivity index (χ0n) is 17.5. The summed E-state index contributed by atoms with van der Waals surface area (Å²) in [5, 5.41) is 14.8. The second-order valence-corrected chi connectivity index (χ2v) is 8.98. The van der Waals surface area contributed by atoms with E-state index < -0.39 is 0 Å². The minimum Gasteiger partial charge on any atom is -0.366 e. The van der Waals surface area contributed by atoms with Crippen molar-refractivity contribution < 1.29 is 14.5 Å². The molecule has 0 bridgehead atoms. The van der Waals surface area contributed by atoms with E-state index in [0.717, 1.165) is 51.6 Å². The second-order valence-electron chi connectivity index (χ2n) is 8.98. The van der Waals surface area contributed by atoms with Gasteiger partial charge in [-0.2, -0.15) is 0 Å². The molecule has 2 amide bonds. The fourth-order valence-electron chi connectivity index (χ4n) is 4.39. The fourth-order valence-corrected chi connectivity index (χ4v) is 4.39. The van der Waals surface area contributed by atoms with E-state index in [0.29, 0.717) is 30.3 Å². The van der Waals surface area contributed by atoms with Crippen molar-refractivity contribution in [2.75, 3.05) is 31.1 Å². The Morgan fingerprint density at radius 2 is 1.70 bits per heavy atom. The van der Waals surface area contributed by atoms with E-state index in [2.05, 4.69) is 17.1 Å². The molecule has 0 atom stereocenters. The number of nitro benzene ring substituents is 1. The van der Waals surface area contributed by atoms with Crippen LogP contribution in [0.3, 0.4) is 0 Å². The van der Waals surface area contributed by atoms with Crippen molar-refractivity contribution in [1.29, 1.82) is 0 Å². The first-order chi connectivity index (χ1) is 14.4. The summed E-state index contributed by atoms with van der Waals surface area (Å²) in [6, 6.07) is 4.98. The van der Waals surface area contributed by atoms with Gasteiger partial charge < -0.3 is 15.1 Å². The molecule has 3 fully saturated rings. The predicted molar refractivity (Wildman–Crippen MR) is 113 cm³/mol. The Hall–Kier alpha value is -2.64. The molecular formula is C22H30N4O4. The van der Waals surface area contributed by atoms with Crippen LogP contribution in [0.2, 0.25) is 0 Å². The lowest BCUT2D eigenvalue weighted by molar-refractivity contribution is -0.384. The Labute approximate surface area is 176 Å². The smallest absolute Gasteiger partial charge is 0.293 e. The number of carbonyl (C=O) groups is 2. The number of hydrogen-bond donors (Lipinski definition) is 1. The van der Waals surface area contributed by atoms with Crippen LogP contribution in [0.4, 0.5) is 11.4 Å².